The third-order valence-electron chi connectivity index (χ3n) is 2.78. The molecule has 104 valence electrons. The molecule has 0 aliphatic heterocycles. The van der Waals surface area contributed by atoms with Crippen molar-refractivity contribution in [1.82, 2.24) is 25.2 Å². The van der Waals surface area contributed by atoms with Crippen LogP contribution in [0.4, 0.5) is 0 Å². The van der Waals surface area contributed by atoms with Gasteiger partial charge < -0.3 is 0 Å². The molecule has 0 atom stereocenters. The second kappa shape index (κ2) is 5.84. The van der Waals surface area contributed by atoms with E-state index < -0.39 is 0 Å². The first-order valence-corrected chi connectivity index (χ1v) is 7.04. The van der Waals surface area contributed by atoms with Crippen molar-refractivity contribution in [2.24, 2.45) is 0 Å². The van der Waals surface area contributed by atoms with Gasteiger partial charge in [0.15, 0.2) is 5.78 Å². The Hall–Kier alpha value is -2.54. The monoisotopic (exact) mass is 297 g/mol. The summed E-state index contributed by atoms with van der Waals surface area (Å²) in [6.07, 6.45) is 1.61. The molecule has 7 heteroatoms. The largest absolute Gasteiger partial charge is 0.295 e. The Balaban J connectivity index is 1.92. The van der Waals surface area contributed by atoms with Crippen molar-refractivity contribution in [3.63, 3.8) is 0 Å². The molecule has 0 amide bonds. The molecule has 0 spiro atoms. The molecule has 6 nitrogen and oxygen atoms in total. The standard InChI is InChI=1S/C14H11N5OS/c1-10(20)11-7-8-15-13(9-11)21-14-16-17-18-19(14)12-5-3-2-4-6-12/h2-9H,1H3. The number of nitrogens with zero attached hydrogens (tertiary/aromatic N) is 5. The summed E-state index contributed by atoms with van der Waals surface area (Å²) in [5.41, 5.74) is 1.49. The second-order valence-corrected chi connectivity index (χ2v) is 5.24. The van der Waals surface area contributed by atoms with Gasteiger partial charge in [-0.15, -0.1) is 5.10 Å². The average Bonchev–Trinajstić information content (AvgIpc) is 2.96. The molecule has 0 bridgehead atoms. The summed E-state index contributed by atoms with van der Waals surface area (Å²) < 4.78 is 1.63. The maximum atomic E-state index is 11.4. The minimum atomic E-state index is 0.00176. The van der Waals surface area contributed by atoms with Gasteiger partial charge in [0.2, 0.25) is 5.16 Å². The lowest BCUT2D eigenvalue weighted by Gasteiger charge is -2.04. The van der Waals surface area contributed by atoms with Crippen LogP contribution in [0.3, 0.4) is 0 Å². The Morgan fingerprint density at radius 1 is 1.19 bits per heavy atom. The zero-order valence-electron chi connectivity index (χ0n) is 11.2. The predicted molar refractivity (Wildman–Crippen MR) is 77.5 cm³/mol. The number of hydrogen-bond donors (Lipinski definition) is 0. The van der Waals surface area contributed by atoms with Crippen molar-refractivity contribution in [2.75, 3.05) is 0 Å². The smallest absolute Gasteiger partial charge is 0.220 e. The van der Waals surface area contributed by atoms with E-state index in [1.54, 1.807) is 23.0 Å². The molecule has 2 aromatic heterocycles. The third-order valence-corrected chi connectivity index (χ3v) is 3.65. The van der Waals surface area contributed by atoms with Crippen LogP contribution >= 0.6 is 11.8 Å². The van der Waals surface area contributed by atoms with Crippen LogP contribution in [0.15, 0.2) is 58.8 Å². The predicted octanol–water partition coefficient (Wildman–Crippen LogP) is 2.41. The molecule has 0 unspecified atom stereocenters. The molecule has 0 radical (unpaired) electrons. The minimum absolute atomic E-state index is 0.00176. The number of pyridine rings is 1. The van der Waals surface area contributed by atoms with Gasteiger partial charge in [-0.2, -0.15) is 4.68 Å². The number of rotatable bonds is 4. The molecular weight excluding hydrogens is 286 g/mol. The molecule has 0 aliphatic carbocycles. The Morgan fingerprint density at radius 2 is 2.00 bits per heavy atom. The van der Waals surface area contributed by atoms with Gasteiger partial charge >= 0.3 is 0 Å². The quantitative estimate of drug-likeness (QED) is 0.688. The summed E-state index contributed by atoms with van der Waals surface area (Å²) in [5.74, 6) is 0.00176. The second-order valence-electron chi connectivity index (χ2n) is 4.25. The maximum Gasteiger partial charge on any atom is 0.220 e. The number of carbonyl (C=O) groups excluding carboxylic acids is 1. The van der Waals surface area contributed by atoms with Crippen LogP contribution in [-0.4, -0.2) is 31.0 Å². The molecule has 2 heterocycles. The fourth-order valence-corrected chi connectivity index (χ4v) is 2.54. The molecular formula is C14H11N5OS. The lowest BCUT2D eigenvalue weighted by Crippen LogP contribution is -1.99. The van der Waals surface area contributed by atoms with Crippen LogP contribution in [-0.2, 0) is 0 Å². The van der Waals surface area contributed by atoms with Crippen LogP contribution < -0.4 is 0 Å². The highest BCUT2D eigenvalue weighted by Gasteiger charge is 2.11. The first-order valence-electron chi connectivity index (χ1n) is 6.23. The van der Waals surface area contributed by atoms with E-state index in [9.17, 15) is 4.79 Å². The number of benzene rings is 1. The molecule has 0 N–H and O–H groups in total. The van der Waals surface area contributed by atoms with E-state index in [0.717, 1.165) is 5.69 Å². The molecule has 0 fully saturated rings. The third kappa shape index (κ3) is 2.97. The highest BCUT2D eigenvalue weighted by atomic mass is 32.2. The lowest BCUT2D eigenvalue weighted by molar-refractivity contribution is 0.101. The summed E-state index contributed by atoms with van der Waals surface area (Å²) in [7, 11) is 0. The number of aromatic nitrogens is 5. The van der Waals surface area contributed by atoms with Crippen LogP contribution in [0.1, 0.15) is 17.3 Å². The summed E-state index contributed by atoms with van der Waals surface area (Å²) in [6, 6.07) is 13.0. The summed E-state index contributed by atoms with van der Waals surface area (Å²) in [4.78, 5) is 15.6. The van der Waals surface area contributed by atoms with E-state index in [0.29, 0.717) is 15.7 Å². The van der Waals surface area contributed by atoms with Gasteiger partial charge in [-0.25, -0.2) is 4.98 Å². The number of ketones is 1. The van der Waals surface area contributed by atoms with Crippen molar-refractivity contribution >= 4 is 17.5 Å². The van der Waals surface area contributed by atoms with Crippen LogP contribution in [0.25, 0.3) is 5.69 Å². The first kappa shape index (κ1) is 13.4. The van der Waals surface area contributed by atoms with E-state index in [2.05, 4.69) is 20.5 Å². The maximum absolute atomic E-state index is 11.4. The molecule has 0 aliphatic rings. The minimum Gasteiger partial charge on any atom is -0.295 e. The van der Waals surface area contributed by atoms with Gasteiger partial charge in [-0.1, -0.05) is 18.2 Å². The zero-order valence-corrected chi connectivity index (χ0v) is 12.0. The fourth-order valence-electron chi connectivity index (χ4n) is 1.75. The molecule has 3 aromatic rings. The number of Topliss-reactive ketones (excluding diaryl/α,β-unsaturated/α-hetero) is 1. The van der Waals surface area contributed by atoms with E-state index in [4.69, 9.17) is 0 Å². The number of para-hydroxylation sites is 1. The normalized spacial score (nSPS) is 10.5. The molecule has 0 saturated carbocycles. The SMILES string of the molecule is CC(=O)c1ccnc(Sc2nnnn2-c2ccccc2)c1. The summed E-state index contributed by atoms with van der Waals surface area (Å²) in [6.45, 7) is 1.53. The lowest BCUT2D eigenvalue weighted by atomic mass is 10.2. The van der Waals surface area contributed by atoms with Crippen molar-refractivity contribution in [3.8, 4) is 5.69 Å². The zero-order chi connectivity index (χ0) is 14.7. The van der Waals surface area contributed by atoms with Crippen molar-refractivity contribution in [2.45, 2.75) is 17.1 Å². The van der Waals surface area contributed by atoms with E-state index >= 15 is 0 Å². The Kier molecular flexibility index (Phi) is 3.74. The Morgan fingerprint density at radius 3 is 2.76 bits per heavy atom. The molecule has 21 heavy (non-hydrogen) atoms. The van der Waals surface area contributed by atoms with Crippen molar-refractivity contribution in [3.05, 3.63) is 54.2 Å². The van der Waals surface area contributed by atoms with E-state index in [1.165, 1.54) is 18.7 Å². The molecule has 3 rings (SSSR count). The van der Waals surface area contributed by atoms with Crippen LogP contribution in [0.5, 0.6) is 0 Å². The fraction of sp³-hybridized carbons (Fsp3) is 0.0714. The summed E-state index contributed by atoms with van der Waals surface area (Å²) >= 11 is 1.31. The summed E-state index contributed by atoms with van der Waals surface area (Å²) in [5, 5.41) is 12.9. The topological polar surface area (TPSA) is 73.6 Å². The van der Waals surface area contributed by atoms with Gasteiger partial charge in [0.05, 0.1) is 5.69 Å². The van der Waals surface area contributed by atoms with Gasteiger partial charge in [-0.3, -0.25) is 4.79 Å². The first-order chi connectivity index (χ1) is 10.2. The number of carbonyl (C=O) groups is 1. The Bertz CT molecular complexity index is 772. The van der Waals surface area contributed by atoms with Gasteiger partial charge in [-0.05, 0) is 53.4 Å². The van der Waals surface area contributed by atoms with Crippen molar-refractivity contribution in [1.29, 1.82) is 0 Å². The average molecular weight is 297 g/mol. The highest BCUT2D eigenvalue weighted by Crippen LogP contribution is 2.25. The van der Waals surface area contributed by atoms with Crippen LogP contribution in [0.2, 0.25) is 0 Å². The highest BCUT2D eigenvalue weighted by molar-refractivity contribution is 7.99. The van der Waals surface area contributed by atoms with Crippen LogP contribution in [0, 0.1) is 0 Å². The molecule has 0 saturated heterocycles. The van der Waals surface area contributed by atoms with Gasteiger partial charge in [0, 0.05) is 11.8 Å². The Labute approximate surface area is 125 Å². The van der Waals surface area contributed by atoms with Gasteiger partial charge in [0.1, 0.15) is 5.03 Å². The van der Waals surface area contributed by atoms with E-state index in [1.807, 2.05) is 30.3 Å². The number of tetrazole rings is 1. The van der Waals surface area contributed by atoms with Crippen molar-refractivity contribution < 1.29 is 4.79 Å². The molecule has 1 aromatic carbocycles. The van der Waals surface area contributed by atoms with Gasteiger partial charge in [0.25, 0.3) is 0 Å². The number of hydrogen-bond acceptors (Lipinski definition) is 6. The van der Waals surface area contributed by atoms with E-state index in [-0.39, 0.29) is 5.78 Å².